The molecule has 0 aliphatic carbocycles. The van der Waals surface area contributed by atoms with Crippen LogP contribution in [-0.2, 0) is 25.7 Å². The van der Waals surface area contributed by atoms with Gasteiger partial charge in [-0.1, -0.05) is 36.8 Å². The monoisotopic (exact) mass is 676 g/mol. The van der Waals surface area contributed by atoms with Crippen LogP contribution in [0.25, 0.3) is 0 Å². The van der Waals surface area contributed by atoms with Gasteiger partial charge in [-0.2, -0.15) is 11.8 Å². The van der Waals surface area contributed by atoms with Gasteiger partial charge in [-0.05, 0) is 58.4 Å². The van der Waals surface area contributed by atoms with Crippen LogP contribution in [0.15, 0.2) is 30.3 Å². The van der Waals surface area contributed by atoms with Crippen molar-refractivity contribution in [1.82, 2.24) is 31.1 Å². The molecule has 0 spiro atoms. The van der Waals surface area contributed by atoms with E-state index in [0.29, 0.717) is 50.6 Å². The Kier molecular flexibility index (Phi) is 15.0. The van der Waals surface area contributed by atoms with E-state index in [1.807, 2.05) is 42.1 Å². The van der Waals surface area contributed by atoms with Crippen LogP contribution in [0.2, 0.25) is 0 Å². The number of ether oxygens (including phenoxy) is 2. The molecule has 13 nitrogen and oxygen atoms in total. The second-order valence-electron chi connectivity index (χ2n) is 13.1. The Morgan fingerprint density at radius 2 is 1.70 bits per heavy atom. The van der Waals surface area contributed by atoms with E-state index in [1.54, 1.807) is 39.8 Å². The number of rotatable bonds is 17. The average molecular weight is 677 g/mol. The molecule has 262 valence electrons. The highest BCUT2D eigenvalue weighted by atomic mass is 32.2. The SMILES string of the molecule is CN(CCN(C)C(=O)[C@H](CCCCNC(=O)OC(C)(C)C)NC(=O)OCc1ccccc1)C(=O)CCCC[C@@H]1SC[C@@H]2NC(=O)N[C@@H]21. The first kappa shape index (κ1) is 37.8. The Bertz CT molecular complexity index is 1200. The van der Waals surface area contributed by atoms with Crippen LogP contribution in [0.1, 0.15) is 71.3 Å². The zero-order valence-corrected chi connectivity index (χ0v) is 29.2. The summed E-state index contributed by atoms with van der Waals surface area (Å²) in [4.78, 5) is 65.5. The minimum absolute atomic E-state index is 0.00953. The number of urea groups is 1. The molecule has 2 saturated heterocycles. The molecule has 6 amide bonds. The first-order valence-electron chi connectivity index (χ1n) is 16.4. The maximum absolute atomic E-state index is 13.4. The Morgan fingerprint density at radius 3 is 2.43 bits per heavy atom. The average Bonchev–Trinajstić information content (AvgIpc) is 3.58. The third kappa shape index (κ3) is 13.5. The topological polar surface area (TPSA) is 158 Å². The number of thioether (sulfide) groups is 1. The predicted molar refractivity (Wildman–Crippen MR) is 181 cm³/mol. The lowest BCUT2D eigenvalue weighted by Gasteiger charge is -2.27. The van der Waals surface area contributed by atoms with Crippen molar-refractivity contribution < 1.29 is 33.4 Å². The lowest BCUT2D eigenvalue weighted by atomic mass is 10.0. The zero-order valence-electron chi connectivity index (χ0n) is 28.3. The van der Waals surface area contributed by atoms with E-state index in [-0.39, 0.29) is 36.5 Å². The Hall–Kier alpha value is -3.68. The number of carbonyl (C=O) groups is 5. The Labute approximate surface area is 282 Å². The molecule has 0 unspecified atom stereocenters. The first-order valence-corrected chi connectivity index (χ1v) is 17.5. The Balaban J connectivity index is 1.41. The maximum Gasteiger partial charge on any atom is 0.408 e. The molecule has 0 saturated carbocycles. The van der Waals surface area contributed by atoms with E-state index in [4.69, 9.17) is 9.47 Å². The Morgan fingerprint density at radius 1 is 0.979 bits per heavy atom. The fourth-order valence-corrected chi connectivity index (χ4v) is 6.94. The van der Waals surface area contributed by atoms with Crippen molar-refractivity contribution in [2.45, 2.75) is 101 Å². The van der Waals surface area contributed by atoms with Crippen LogP contribution in [-0.4, -0.2) is 108 Å². The molecule has 0 aromatic heterocycles. The van der Waals surface area contributed by atoms with Crippen molar-refractivity contribution in [3.63, 3.8) is 0 Å². The van der Waals surface area contributed by atoms with E-state index in [9.17, 15) is 24.0 Å². The van der Waals surface area contributed by atoms with Crippen molar-refractivity contribution in [3.8, 4) is 0 Å². The summed E-state index contributed by atoms with van der Waals surface area (Å²) in [6.45, 7) is 6.46. The fraction of sp³-hybridized carbons (Fsp3) is 0.667. The molecule has 3 rings (SSSR count). The summed E-state index contributed by atoms with van der Waals surface area (Å²) in [6.07, 6.45) is 3.29. The van der Waals surface area contributed by atoms with E-state index < -0.39 is 23.8 Å². The van der Waals surface area contributed by atoms with Crippen LogP contribution in [0.3, 0.4) is 0 Å². The van der Waals surface area contributed by atoms with Crippen LogP contribution in [0.5, 0.6) is 0 Å². The van der Waals surface area contributed by atoms with Gasteiger partial charge in [0, 0.05) is 51.2 Å². The van der Waals surface area contributed by atoms with Gasteiger partial charge in [0.05, 0.1) is 12.1 Å². The zero-order chi connectivity index (χ0) is 34.4. The summed E-state index contributed by atoms with van der Waals surface area (Å²) in [5.74, 6) is 0.636. The molecule has 1 aromatic rings. The number of alkyl carbamates (subject to hydrolysis) is 2. The highest BCUT2D eigenvalue weighted by Gasteiger charge is 2.42. The van der Waals surface area contributed by atoms with E-state index in [2.05, 4.69) is 21.3 Å². The van der Waals surface area contributed by atoms with Crippen LogP contribution < -0.4 is 21.3 Å². The van der Waals surface area contributed by atoms with E-state index in [1.165, 1.54) is 4.90 Å². The predicted octanol–water partition coefficient (Wildman–Crippen LogP) is 3.62. The number of likely N-dealkylation sites (N-methyl/N-ethyl adjacent to an activating group) is 2. The second-order valence-corrected chi connectivity index (χ2v) is 14.4. The van der Waals surface area contributed by atoms with Gasteiger partial charge >= 0.3 is 18.2 Å². The normalized spacial score (nSPS) is 19.1. The van der Waals surface area contributed by atoms with Crippen molar-refractivity contribution in [2.75, 3.05) is 39.5 Å². The quantitative estimate of drug-likeness (QED) is 0.144. The molecular formula is C33H52N6O7S. The van der Waals surface area contributed by atoms with Crippen molar-refractivity contribution in [1.29, 1.82) is 0 Å². The molecule has 2 aliphatic rings. The summed E-state index contributed by atoms with van der Waals surface area (Å²) in [7, 11) is 3.38. The molecule has 2 heterocycles. The summed E-state index contributed by atoms with van der Waals surface area (Å²) >= 11 is 1.87. The van der Waals surface area contributed by atoms with Gasteiger partial charge in [-0.3, -0.25) is 9.59 Å². The highest BCUT2D eigenvalue weighted by molar-refractivity contribution is 8.00. The summed E-state index contributed by atoms with van der Waals surface area (Å²) < 4.78 is 10.6. The third-order valence-corrected chi connectivity index (χ3v) is 9.54. The summed E-state index contributed by atoms with van der Waals surface area (Å²) in [6, 6.07) is 8.69. The summed E-state index contributed by atoms with van der Waals surface area (Å²) in [5.41, 5.74) is 0.233. The maximum atomic E-state index is 13.4. The third-order valence-electron chi connectivity index (χ3n) is 8.03. The van der Waals surface area contributed by atoms with Gasteiger partial charge in [-0.15, -0.1) is 0 Å². The lowest BCUT2D eigenvalue weighted by molar-refractivity contribution is -0.135. The second kappa shape index (κ2) is 18.6. The van der Waals surface area contributed by atoms with Crippen molar-refractivity contribution >= 4 is 41.8 Å². The molecule has 0 radical (unpaired) electrons. The number of nitrogens with one attached hydrogen (secondary N) is 4. The smallest absolute Gasteiger partial charge is 0.408 e. The molecule has 4 N–H and O–H groups in total. The first-order chi connectivity index (χ1) is 22.3. The highest BCUT2D eigenvalue weighted by Crippen LogP contribution is 2.33. The minimum Gasteiger partial charge on any atom is -0.445 e. The molecule has 47 heavy (non-hydrogen) atoms. The number of hydrogen-bond acceptors (Lipinski definition) is 8. The van der Waals surface area contributed by atoms with Gasteiger partial charge < -0.3 is 40.5 Å². The van der Waals surface area contributed by atoms with Crippen LogP contribution in [0.4, 0.5) is 14.4 Å². The number of nitrogens with zero attached hydrogens (tertiary/aromatic N) is 2. The largest absolute Gasteiger partial charge is 0.445 e. The number of benzene rings is 1. The molecule has 2 aliphatic heterocycles. The number of fused-ring (bicyclic) bond motifs is 1. The van der Waals surface area contributed by atoms with Crippen LogP contribution >= 0.6 is 11.8 Å². The van der Waals surface area contributed by atoms with E-state index >= 15 is 0 Å². The van der Waals surface area contributed by atoms with Gasteiger partial charge in [0.25, 0.3) is 0 Å². The lowest BCUT2D eigenvalue weighted by Crippen LogP contribution is -2.49. The van der Waals surface area contributed by atoms with Gasteiger partial charge in [0.15, 0.2) is 0 Å². The fourth-order valence-electron chi connectivity index (χ4n) is 5.40. The molecule has 1 aromatic carbocycles. The van der Waals surface area contributed by atoms with Crippen molar-refractivity contribution in [3.05, 3.63) is 35.9 Å². The van der Waals surface area contributed by atoms with Crippen LogP contribution in [0, 0.1) is 0 Å². The molecule has 2 fully saturated rings. The number of unbranched alkanes of at least 4 members (excludes halogenated alkanes) is 2. The molecule has 0 bridgehead atoms. The van der Waals surface area contributed by atoms with Gasteiger partial charge in [0.2, 0.25) is 11.8 Å². The molecule has 14 heteroatoms. The van der Waals surface area contributed by atoms with Gasteiger partial charge in [0.1, 0.15) is 18.2 Å². The number of amides is 6. The van der Waals surface area contributed by atoms with Gasteiger partial charge in [-0.25, -0.2) is 14.4 Å². The van der Waals surface area contributed by atoms with E-state index in [0.717, 1.165) is 30.6 Å². The van der Waals surface area contributed by atoms with Crippen molar-refractivity contribution in [2.24, 2.45) is 0 Å². The minimum atomic E-state index is -0.835. The summed E-state index contributed by atoms with van der Waals surface area (Å²) in [5, 5.41) is 11.7. The molecular weight excluding hydrogens is 624 g/mol. The standard InChI is InChI=1S/C33H52N6O7S/c1-33(2,3)46-31(43)34-18-12-11-15-24(36-32(44)45-21-23-13-7-6-8-14-23)29(41)39(5)20-19-38(4)27(40)17-10-9-16-26-28-25(22-47-26)35-30(42)37-28/h6-8,13-14,24-26,28H,9-12,15-22H2,1-5H3,(H,34,43)(H,36,44)(H2,35,37,42)/t24-,25-,26-,28-/m0/s1. The molecule has 4 atom stereocenters. The number of carbonyl (C=O) groups excluding carboxylic acids is 5. The number of hydrogen-bond donors (Lipinski definition) is 4.